The van der Waals surface area contributed by atoms with E-state index in [0.29, 0.717) is 12.3 Å². The van der Waals surface area contributed by atoms with Crippen LogP contribution in [0.4, 0.5) is 0 Å². The van der Waals surface area contributed by atoms with Crippen LogP contribution in [0.1, 0.15) is 56.0 Å². The lowest BCUT2D eigenvalue weighted by Gasteiger charge is -2.46. The number of amides is 1. The summed E-state index contributed by atoms with van der Waals surface area (Å²) in [6, 6.07) is 8.28. The zero-order valence-electron chi connectivity index (χ0n) is 17.4. The van der Waals surface area contributed by atoms with E-state index >= 15 is 0 Å². The third kappa shape index (κ3) is 4.98. The highest BCUT2D eigenvalue weighted by atomic mass is 32.1. The monoisotopic (exact) mass is 413 g/mol. The number of fused-ring (bicyclic) bond motifs is 1. The first-order valence-electron chi connectivity index (χ1n) is 10.7. The molecule has 5 nitrogen and oxygen atoms in total. The number of benzene rings is 1. The second-order valence-corrected chi connectivity index (χ2v) is 9.81. The molecule has 1 N–H and O–H groups in total. The first-order chi connectivity index (χ1) is 14.0. The fraction of sp³-hybridized carbons (Fsp3) is 0.565. The van der Waals surface area contributed by atoms with Gasteiger partial charge in [0.1, 0.15) is 16.4 Å². The van der Waals surface area contributed by atoms with Gasteiger partial charge in [-0.05, 0) is 36.8 Å². The predicted octanol–water partition coefficient (Wildman–Crippen LogP) is 4.21. The molecule has 1 aromatic heterocycles. The van der Waals surface area contributed by atoms with Gasteiger partial charge in [0.15, 0.2) is 0 Å². The molecule has 1 atom stereocenters. The Morgan fingerprint density at radius 3 is 2.86 bits per heavy atom. The van der Waals surface area contributed by atoms with E-state index in [-0.39, 0.29) is 17.4 Å². The van der Waals surface area contributed by atoms with Crippen LogP contribution < -0.4 is 10.1 Å². The van der Waals surface area contributed by atoms with Gasteiger partial charge in [-0.25, -0.2) is 4.98 Å². The normalized spacial score (nSPS) is 21.0. The topological polar surface area (TPSA) is 54.5 Å². The molecular formula is C23H31N3O2S. The molecule has 1 aromatic carbocycles. The summed E-state index contributed by atoms with van der Waals surface area (Å²) in [5.74, 6) is 1.80. The Bertz CT molecular complexity index is 813. The van der Waals surface area contributed by atoms with Gasteiger partial charge < -0.3 is 10.1 Å². The fourth-order valence-electron chi connectivity index (χ4n) is 4.49. The molecule has 0 saturated carbocycles. The van der Waals surface area contributed by atoms with Gasteiger partial charge in [-0.2, -0.15) is 0 Å². The molecule has 1 saturated heterocycles. The van der Waals surface area contributed by atoms with Crippen LogP contribution in [0.2, 0.25) is 0 Å². The van der Waals surface area contributed by atoms with Gasteiger partial charge >= 0.3 is 0 Å². The SMILES string of the molecule is CC(C)CNC(=O)C[C@H]1CC2(CCN(Cc3nccs3)CC2)Oc2ccccc21. The molecule has 2 aliphatic rings. The highest BCUT2D eigenvalue weighted by Crippen LogP contribution is 2.46. The molecule has 2 aromatic rings. The number of hydrogen-bond donors (Lipinski definition) is 1. The maximum atomic E-state index is 12.6. The maximum Gasteiger partial charge on any atom is 0.220 e. The molecule has 0 radical (unpaired) electrons. The summed E-state index contributed by atoms with van der Waals surface area (Å²) in [4.78, 5) is 19.5. The predicted molar refractivity (Wildman–Crippen MR) is 116 cm³/mol. The molecular weight excluding hydrogens is 382 g/mol. The number of nitrogens with one attached hydrogen (secondary N) is 1. The summed E-state index contributed by atoms with van der Waals surface area (Å²) in [5.41, 5.74) is 1.03. The van der Waals surface area contributed by atoms with Gasteiger partial charge in [0, 0.05) is 43.5 Å². The van der Waals surface area contributed by atoms with E-state index < -0.39 is 0 Å². The average molecular weight is 414 g/mol. The van der Waals surface area contributed by atoms with E-state index in [4.69, 9.17) is 4.74 Å². The second kappa shape index (κ2) is 8.84. The average Bonchev–Trinajstić information content (AvgIpc) is 3.21. The molecule has 6 heteroatoms. The summed E-state index contributed by atoms with van der Waals surface area (Å²) in [7, 11) is 0. The van der Waals surface area contributed by atoms with Crippen molar-refractivity contribution in [3.63, 3.8) is 0 Å². The summed E-state index contributed by atoms with van der Waals surface area (Å²) in [5, 5.41) is 6.30. The van der Waals surface area contributed by atoms with Crippen molar-refractivity contribution in [2.24, 2.45) is 5.92 Å². The summed E-state index contributed by atoms with van der Waals surface area (Å²) < 4.78 is 6.58. The lowest BCUT2D eigenvalue weighted by molar-refractivity contribution is -0.122. The minimum absolute atomic E-state index is 0.150. The number of aromatic nitrogens is 1. The Morgan fingerprint density at radius 2 is 2.14 bits per heavy atom. The van der Waals surface area contributed by atoms with E-state index in [1.54, 1.807) is 11.3 Å². The minimum atomic E-state index is -0.156. The molecule has 156 valence electrons. The number of carbonyl (C=O) groups excluding carboxylic acids is 1. The van der Waals surface area contributed by atoms with Crippen molar-refractivity contribution in [2.45, 2.75) is 57.6 Å². The molecule has 1 spiro atoms. The van der Waals surface area contributed by atoms with Crippen LogP contribution >= 0.6 is 11.3 Å². The number of para-hydroxylation sites is 1. The molecule has 2 aliphatic heterocycles. The highest BCUT2D eigenvalue weighted by Gasteiger charge is 2.43. The van der Waals surface area contributed by atoms with Gasteiger partial charge in [-0.15, -0.1) is 11.3 Å². The summed E-state index contributed by atoms with van der Waals surface area (Å²) >= 11 is 1.72. The number of piperidine rings is 1. The van der Waals surface area contributed by atoms with Gasteiger partial charge in [-0.1, -0.05) is 32.0 Å². The first kappa shape index (κ1) is 20.4. The molecule has 1 fully saturated rings. The quantitative estimate of drug-likeness (QED) is 0.771. The van der Waals surface area contributed by atoms with E-state index in [9.17, 15) is 4.79 Å². The Balaban J connectivity index is 1.43. The van der Waals surface area contributed by atoms with Gasteiger partial charge in [0.25, 0.3) is 0 Å². The van der Waals surface area contributed by atoms with Crippen molar-refractivity contribution in [1.82, 2.24) is 15.2 Å². The van der Waals surface area contributed by atoms with E-state index in [1.807, 2.05) is 17.6 Å². The first-order valence-corrected chi connectivity index (χ1v) is 11.6. The molecule has 0 unspecified atom stereocenters. The van der Waals surface area contributed by atoms with Crippen LogP contribution in [0.25, 0.3) is 0 Å². The molecule has 29 heavy (non-hydrogen) atoms. The van der Waals surface area contributed by atoms with Gasteiger partial charge in [-0.3, -0.25) is 9.69 Å². The largest absolute Gasteiger partial charge is 0.487 e. The van der Waals surface area contributed by atoms with Crippen molar-refractivity contribution >= 4 is 17.2 Å². The zero-order chi connectivity index (χ0) is 20.3. The van der Waals surface area contributed by atoms with Crippen molar-refractivity contribution in [2.75, 3.05) is 19.6 Å². The summed E-state index contributed by atoms with van der Waals surface area (Å²) in [6.07, 6.45) is 5.33. The standard InChI is InChI=1S/C23H31N3O2S/c1-17(2)15-25-21(27)13-18-14-23(28-20-6-4-3-5-19(18)20)7-10-26(11-8-23)16-22-24-9-12-29-22/h3-6,9,12,17-18H,7-8,10-11,13-16H2,1-2H3,(H,25,27)/t18-/m0/s1. The number of likely N-dealkylation sites (tertiary alicyclic amines) is 1. The minimum Gasteiger partial charge on any atom is -0.487 e. The number of ether oxygens (including phenoxy) is 1. The number of rotatable bonds is 6. The van der Waals surface area contributed by atoms with Crippen LogP contribution in [0.3, 0.4) is 0 Å². The van der Waals surface area contributed by atoms with Crippen molar-refractivity contribution in [3.8, 4) is 5.75 Å². The Morgan fingerprint density at radius 1 is 1.34 bits per heavy atom. The third-order valence-electron chi connectivity index (χ3n) is 6.05. The van der Waals surface area contributed by atoms with E-state index in [1.165, 1.54) is 10.6 Å². The van der Waals surface area contributed by atoms with Gasteiger partial charge in [0.05, 0.1) is 6.54 Å². The molecule has 3 heterocycles. The number of carbonyl (C=O) groups is 1. The zero-order valence-corrected chi connectivity index (χ0v) is 18.2. The number of nitrogens with zero attached hydrogens (tertiary/aromatic N) is 2. The highest BCUT2D eigenvalue weighted by molar-refractivity contribution is 7.09. The van der Waals surface area contributed by atoms with Crippen molar-refractivity contribution in [3.05, 3.63) is 46.4 Å². The Hall–Kier alpha value is -1.92. The number of hydrogen-bond acceptors (Lipinski definition) is 5. The maximum absolute atomic E-state index is 12.6. The van der Waals surface area contributed by atoms with Crippen LogP contribution in [0.5, 0.6) is 5.75 Å². The van der Waals surface area contributed by atoms with Crippen molar-refractivity contribution < 1.29 is 9.53 Å². The molecule has 0 aliphatic carbocycles. The van der Waals surface area contributed by atoms with Crippen LogP contribution in [0, 0.1) is 5.92 Å². The third-order valence-corrected chi connectivity index (χ3v) is 6.82. The molecule has 1 amide bonds. The van der Waals surface area contributed by atoms with Gasteiger partial charge in [0.2, 0.25) is 5.91 Å². The second-order valence-electron chi connectivity index (χ2n) is 8.83. The lowest BCUT2D eigenvalue weighted by atomic mass is 9.76. The Labute approximate surface area is 177 Å². The number of thiazole rings is 1. The van der Waals surface area contributed by atoms with E-state index in [0.717, 1.165) is 51.2 Å². The summed E-state index contributed by atoms with van der Waals surface area (Å²) in [6.45, 7) is 7.92. The van der Waals surface area contributed by atoms with Crippen LogP contribution in [0.15, 0.2) is 35.8 Å². The lowest BCUT2D eigenvalue weighted by Crippen LogP contribution is -2.50. The van der Waals surface area contributed by atoms with Crippen LogP contribution in [-0.2, 0) is 11.3 Å². The Kier molecular flexibility index (Phi) is 6.20. The fourth-order valence-corrected chi connectivity index (χ4v) is 5.15. The molecule has 4 rings (SSSR count). The van der Waals surface area contributed by atoms with E-state index in [2.05, 4.69) is 47.2 Å². The molecule has 0 bridgehead atoms. The van der Waals surface area contributed by atoms with Crippen LogP contribution in [-0.4, -0.2) is 41.0 Å². The van der Waals surface area contributed by atoms with Crippen molar-refractivity contribution in [1.29, 1.82) is 0 Å². The smallest absolute Gasteiger partial charge is 0.220 e.